The molecule has 0 saturated carbocycles. The van der Waals surface area contributed by atoms with Crippen molar-refractivity contribution in [2.45, 2.75) is 23.6 Å². The van der Waals surface area contributed by atoms with Gasteiger partial charge in [0.2, 0.25) is 15.9 Å². The number of piperazine rings is 1. The van der Waals surface area contributed by atoms with E-state index in [0.717, 1.165) is 4.90 Å². The standard InChI is InChI=1S/C17H19Cl2N3O4S2/c1-11-17(12(2)26-20-11)28(24,25)22-7-5-21(6-8-22)16(23)10-27-15-9-13(18)3-4-14(15)19/h3-4,9H,5-8,10H2,1-2H3. The van der Waals surface area contributed by atoms with E-state index in [1.165, 1.54) is 16.1 Å². The van der Waals surface area contributed by atoms with Gasteiger partial charge in [-0.05, 0) is 32.0 Å². The van der Waals surface area contributed by atoms with E-state index in [0.29, 0.717) is 28.8 Å². The minimum atomic E-state index is -3.69. The second-order valence-electron chi connectivity index (χ2n) is 6.30. The van der Waals surface area contributed by atoms with Crippen LogP contribution in [0.4, 0.5) is 0 Å². The second-order valence-corrected chi connectivity index (χ2v) is 10.0. The maximum atomic E-state index is 12.8. The van der Waals surface area contributed by atoms with Crippen LogP contribution in [0.3, 0.4) is 0 Å². The van der Waals surface area contributed by atoms with E-state index in [-0.39, 0.29) is 35.4 Å². The monoisotopic (exact) mass is 463 g/mol. The Morgan fingerprint density at radius 2 is 1.89 bits per heavy atom. The summed E-state index contributed by atoms with van der Waals surface area (Å²) < 4.78 is 32.0. The Bertz CT molecular complexity index is 967. The van der Waals surface area contributed by atoms with Crippen molar-refractivity contribution in [3.05, 3.63) is 39.7 Å². The van der Waals surface area contributed by atoms with Crippen LogP contribution in [0.15, 0.2) is 32.5 Å². The molecule has 11 heteroatoms. The third kappa shape index (κ3) is 4.49. The number of carbonyl (C=O) groups is 1. The fourth-order valence-corrected chi connectivity index (χ4v) is 6.08. The summed E-state index contributed by atoms with van der Waals surface area (Å²) in [5, 5.41) is 4.81. The molecule has 0 N–H and O–H groups in total. The fourth-order valence-electron chi connectivity index (χ4n) is 2.97. The van der Waals surface area contributed by atoms with E-state index in [9.17, 15) is 13.2 Å². The Kier molecular flexibility index (Phi) is 6.61. The average Bonchev–Trinajstić information content (AvgIpc) is 3.01. The van der Waals surface area contributed by atoms with Crippen LogP contribution in [-0.4, -0.2) is 60.6 Å². The number of thioether (sulfide) groups is 1. The molecular weight excluding hydrogens is 445 g/mol. The third-order valence-corrected chi connectivity index (χ3v) is 8.26. The van der Waals surface area contributed by atoms with E-state index in [2.05, 4.69) is 5.16 Å². The lowest BCUT2D eigenvalue weighted by Crippen LogP contribution is -2.51. The number of hydrogen-bond acceptors (Lipinski definition) is 6. The molecule has 1 amide bonds. The van der Waals surface area contributed by atoms with Crippen LogP contribution in [0.1, 0.15) is 11.5 Å². The van der Waals surface area contributed by atoms with Gasteiger partial charge < -0.3 is 9.42 Å². The molecule has 2 aromatic rings. The summed E-state index contributed by atoms with van der Waals surface area (Å²) in [5.41, 5.74) is 0.339. The number of benzene rings is 1. The van der Waals surface area contributed by atoms with Crippen molar-refractivity contribution in [2.24, 2.45) is 0 Å². The molecule has 1 fully saturated rings. The summed E-state index contributed by atoms with van der Waals surface area (Å²) >= 11 is 13.4. The summed E-state index contributed by atoms with van der Waals surface area (Å²) in [6, 6.07) is 5.10. The van der Waals surface area contributed by atoms with Gasteiger partial charge in [0.25, 0.3) is 0 Å². The van der Waals surface area contributed by atoms with Gasteiger partial charge in [-0.3, -0.25) is 4.79 Å². The summed E-state index contributed by atoms with van der Waals surface area (Å²) in [7, 11) is -3.69. The number of hydrogen-bond donors (Lipinski definition) is 0. The van der Waals surface area contributed by atoms with Crippen LogP contribution in [-0.2, 0) is 14.8 Å². The Morgan fingerprint density at radius 1 is 1.21 bits per heavy atom. The number of amides is 1. The molecule has 0 unspecified atom stereocenters. The molecule has 2 heterocycles. The molecule has 1 saturated heterocycles. The Hall–Kier alpha value is -1.26. The van der Waals surface area contributed by atoms with Crippen molar-refractivity contribution in [3.63, 3.8) is 0 Å². The highest BCUT2D eigenvalue weighted by Crippen LogP contribution is 2.30. The molecule has 152 valence electrons. The Morgan fingerprint density at radius 3 is 2.50 bits per heavy atom. The van der Waals surface area contributed by atoms with Crippen LogP contribution in [0.5, 0.6) is 0 Å². The normalized spacial score (nSPS) is 15.8. The highest BCUT2D eigenvalue weighted by Gasteiger charge is 2.34. The SMILES string of the molecule is Cc1noc(C)c1S(=O)(=O)N1CCN(C(=O)CSc2cc(Cl)ccc2Cl)CC1. The predicted molar refractivity (Wildman–Crippen MR) is 109 cm³/mol. The molecule has 0 aliphatic carbocycles. The minimum absolute atomic E-state index is 0.0737. The summed E-state index contributed by atoms with van der Waals surface area (Å²) in [6.07, 6.45) is 0. The molecule has 1 aliphatic rings. The maximum absolute atomic E-state index is 12.8. The van der Waals surface area contributed by atoms with Gasteiger partial charge in [0.05, 0.1) is 10.8 Å². The zero-order chi connectivity index (χ0) is 20.5. The maximum Gasteiger partial charge on any atom is 0.248 e. The molecule has 28 heavy (non-hydrogen) atoms. The van der Waals surface area contributed by atoms with E-state index in [4.69, 9.17) is 27.7 Å². The Balaban J connectivity index is 1.59. The van der Waals surface area contributed by atoms with Gasteiger partial charge in [0, 0.05) is 36.1 Å². The van der Waals surface area contributed by atoms with Gasteiger partial charge in [-0.2, -0.15) is 4.31 Å². The van der Waals surface area contributed by atoms with Gasteiger partial charge in [-0.1, -0.05) is 28.4 Å². The zero-order valence-corrected chi connectivity index (χ0v) is 18.5. The van der Waals surface area contributed by atoms with Gasteiger partial charge in [0.15, 0.2) is 5.76 Å². The molecule has 3 rings (SSSR count). The van der Waals surface area contributed by atoms with Crippen molar-refractivity contribution in [2.75, 3.05) is 31.9 Å². The lowest BCUT2D eigenvalue weighted by atomic mass is 10.3. The summed E-state index contributed by atoms with van der Waals surface area (Å²) in [6.45, 7) is 4.27. The predicted octanol–water partition coefficient (Wildman–Crippen LogP) is 3.22. The first-order chi connectivity index (χ1) is 13.2. The molecule has 1 aromatic carbocycles. The zero-order valence-electron chi connectivity index (χ0n) is 15.3. The smallest absolute Gasteiger partial charge is 0.248 e. The molecule has 1 aromatic heterocycles. The van der Waals surface area contributed by atoms with Crippen molar-refractivity contribution >= 4 is 50.9 Å². The Labute approximate surface area is 178 Å². The lowest BCUT2D eigenvalue weighted by Gasteiger charge is -2.33. The number of aryl methyl sites for hydroxylation is 2. The van der Waals surface area contributed by atoms with Gasteiger partial charge >= 0.3 is 0 Å². The van der Waals surface area contributed by atoms with Gasteiger partial charge in [0.1, 0.15) is 10.6 Å². The van der Waals surface area contributed by atoms with Crippen LogP contribution in [0.25, 0.3) is 0 Å². The van der Waals surface area contributed by atoms with Crippen LogP contribution in [0, 0.1) is 13.8 Å². The van der Waals surface area contributed by atoms with Crippen molar-refractivity contribution in [1.29, 1.82) is 0 Å². The number of aromatic nitrogens is 1. The highest BCUT2D eigenvalue weighted by atomic mass is 35.5. The first kappa shape index (κ1) is 21.4. The van der Waals surface area contributed by atoms with Crippen molar-refractivity contribution in [1.82, 2.24) is 14.4 Å². The quantitative estimate of drug-likeness (QED) is 0.632. The second kappa shape index (κ2) is 8.62. The highest BCUT2D eigenvalue weighted by molar-refractivity contribution is 8.00. The summed E-state index contributed by atoms with van der Waals surface area (Å²) in [4.78, 5) is 15.0. The van der Waals surface area contributed by atoms with Crippen LogP contribution >= 0.6 is 35.0 Å². The minimum Gasteiger partial charge on any atom is -0.360 e. The first-order valence-electron chi connectivity index (χ1n) is 8.49. The largest absolute Gasteiger partial charge is 0.360 e. The molecule has 0 spiro atoms. The van der Waals surface area contributed by atoms with Crippen LogP contribution in [0.2, 0.25) is 10.0 Å². The van der Waals surface area contributed by atoms with Gasteiger partial charge in [-0.25, -0.2) is 8.42 Å². The topological polar surface area (TPSA) is 83.7 Å². The van der Waals surface area contributed by atoms with Crippen molar-refractivity contribution in [3.8, 4) is 0 Å². The summed E-state index contributed by atoms with van der Waals surface area (Å²) in [5.74, 6) is 0.401. The average molecular weight is 464 g/mol. The van der Waals surface area contributed by atoms with E-state index in [1.54, 1.807) is 36.9 Å². The lowest BCUT2D eigenvalue weighted by molar-refractivity contribution is -0.129. The fraction of sp³-hybridized carbons (Fsp3) is 0.412. The molecule has 1 aliphatic heterocycles. The third-order valence-electron chi connectivity index (χ3n) is 4.40. The number of sulfonamides is 1. The number of rotatable bonds is 5. The van der Waals surface area contributed by atoms with Crippen molar-refractivity contribution < 1.29 is 17.7 Å². The molecule has 0 radical (unpaired) electrons. The number of halogens is 2. The van der Waals surface area contributed by atoms with E-state index in [1.807, 2.05) is 0 Å². The van der Waals surface area contributed by atoms with E-state index >= 15 is 0 Å². The number of nitrogens with zero attached hydrogens (tertiary/aromatic N) is 3. The molecular formula is C17H19Cl2N3O4S2. The van der Waals surface area contributed by atoms with Crippen LogP contribution < -0.4 is 0 Å². The van der Waals surface area contributed by atoms with Gasteiger partial charge in [-0.15, -0.1) is 11.8 Å². The molecule has 7 nitrogen and oxygen atoms in total. The number of carbonyl (C=O) groups excluding carboxylic acids is 1. The van der Waals surface area contributed by atoms with E-state index < -0.39 is 10.0 Å². The molecule has 0 atom stereocenters. The first-order valence-corrected chi connectivity index (χ1v) is 11.7. The molecule has 0 bridgehead atoms.